The smallest absolute Gasteiger partial charge is 0.247 e. The molecule has 3 aromatic rings. The third-order valence-corrected chi connectivity index (χ3v) is 5.40. The first-order valence-electron chi connectivity index (χ1n) is 9.64. The van der Waals surface area contributed by atoms with Crippen molar-refractivity contribution in [2.24, 2.45) is 0 Å². The van der Waals surface area contributed by atoms with Crippen LogP contribution in [0.25, 0.3) is 11.3 Å². The zero-order valence-corrected chi connectivity index (χ0v) is 17.4. The molecular formula is C22H22N4O2S. The fourth-order valence-corrected chi connectivity index (χ4v) is 3.89. The average Bonchev–Trinajstić information content (AvgIpc) is 2.88. The summed E-state index contributed by atoms with van der Waals surface area (Å²) in [6, 6.07) is 15.7. The van der Waals surface area contributed by atoms with Crippen LogP contribution in [-0.2, 0) is 4.79 Å². The molecule has 0 aliphatic carbocycles. The van der Waals surface area contributed by atoms with Crippen LogP contribution < -0.4 is 9.64 Å². The predicted molar refractivity (Wildman–Crippen MR) is 114 cm³/mol. The zero-order chi connectivity index (χ0) is 20.4. The summed E-state index contributed by atoms with van der Waals surface area (Å²) in [7, 11) is 0. The summed E-state index contributed by atoms with van der Waals surface area (Å²) in [5.41, 5.74) is 4.06. The SMILES string of the molecule is CCSc1nnc2c(n1)O[C@@H](c1cccc(C)c1)N(C(=O)CC)c1ccccc1-2. The van der Waals surface area contributed by atoms with Gasteiger partial charge in [0.05, 0.1) is 5.69 Å². The van der Waals surface area contributed by atoms with E-state index in [-0.39, 0.29) is 5.91 Å². The second-order valence-corrected chi connectivity index (χ2v) is 7.93. The topological polar surface area (TPSA) is 68.2 Å². The number of hydrogen-bond acceptors (Lipinski definition) is 6. The van der Waals surface area contributed by atoms with Crippen LogP contribution in [0.15, 0.2) is 53.7 Å². The minimum Gasteiger partial charge on any atom is -0.447 e. The van der Waals surface area contributed by atoms with Gasteiger partial charge in [0.1, 0.15) is 0 Å². The molecule has 0 saturated heterocycles. The number of para-hydroxylation sites is 1. The highest BCUT2D eigenvalue weighted by molar-refractivity contribution is 7.99. The van der Waals surface area contributed by atoms with Gasteiger partial charge in [0.15, 0.2) is 5.69 Å². The lowest BCUT2D eigenvalue weighted by Crippen LogP contribution is -2.37. The minimum atomic E-state index is -0.638. The molecule has 0 unspecified atom stereocenters. The third kappa shape index (κ3) is 3.70. The van der Waals surface area contributed by atoms with Gasteiger partial charge in [-0.15, -0.1) is 10.2 Å². The Balaban J connectivity index is 1.95. The Bertz CT molecular complexity index is 1060. The second-order valence-electron chi connectivity index (χ2n) is 6.70. The minimum absolute atomic E-state index is 0.0344. The molecule has 0 fully saturated rings. The maximum Gasteiger partial charge on any atom is 0.247 e. The number of thioether (sulfide) groups is 1. The first-order chi connectivity index (χ1) is 14.1. The van der Waals surface area contributed by atoms with E-state index in [0.29, 0.717) is 23.2 Å². The number of nitrogens with zero attached hydrogens (tertiary/aromatic N) is 4. The summed E-state index contributed by atoms with van der Waals surface area (Å²) in [4.78, 5) is 19.4. The van der Waals surface area contributed by atoms with Crippen molar-refractivity contribution >= 4 is 23.4 Å². The molecule has 29 heavy (non-hydrogen) atoms. The van der Waals surface area contributed by atoms with Crippen molar-refractivity contribution in [3.8, 4) is 17.1 Å². The molecule has 0 saturated carbocycles. The van der Waals surface area contributed by atoms with Gasteiger partial charge in [0.25, 0.3) is 0 Å². The van der Waals surface area contributed by atoms with Gasteiger partial charge < -0.3 is 4.74 Å². The van der Waals surface area contributed by atoms with Gasteiger partial charge in [0.2, 0.25) is 23.2 Å². The van der Waals surface area contributed by atoms with Crippen LogP contribution in [0.1, 0.15) is 37.6 Å². The number of aromatic nitrogens is 3. The first-order valence-corrected chi connectivity index (χ1v) is 10.6. The molecule has 4 rings (SSSR count). The Hall–Kier alpha value is -2.93. The van der Waals surface area contributed by atoms with E-state index in [1.165, 1.54) is 11.8 Å². The molecule has 1 amide bonds. The van der Waals surface area contributed by atoms with Crippen LogP contribution >= 0.6 is 11.8 Å². The number of carbonyl (C=O) groups excluding carboxylic acids is 1. The molecule has 2 aromatic carbocycles. The molecule has 1 aliphatic heterocycles. The van der Waals surface area contributed by atoms with E-state index < -0.39 is 6.23 Å². The van der Waals surface area contributed by atoms with Gasteiger partial charge in [-0.05, 0) is 18.7 Å². The van der Waals surface area contributed by atoms with Crippen molar-refractivity contribution in [1.29, 1.82) is 0 Å². The Labute approximate surface area is 174 Å². The van der Waals surface area contributed by atoms with Crippen molar-refractivity contribution in [3.63, 3.8) is 0 Å². The van der Waals surface area contributed by atoms with E-state index >= 15 is 0 Å². The fraction of sp³-hybridized carbons (Fsp3) is 0.273. The van der Waals surface area contributed by atoms with Crippen LogP contribution in [0.3, 0.4) is 0 Å². The van der Waals surface area contributed by atoms with Crippen molar-refractivity contribution < 1.29 is 9.53 Å². The number of fused-ring (bicyclic) bond motifs is 3. The largest absolute Gasteiger partial charge is 0.447 e. The molecule has 0 spiro atoms. The molecule has 0 radical (unpaired) electrons. The first kappa shape index (κ1) is 19.4. The molecule has 1 atom stereocenters. The quantitative estimate of drug-likeness (QED) is 0.580. The Morgan fingerprint density at radius 1 is 1.14 bits per heavy atom. The van der Waals surface area contributed by atoms with E-state index in [2.05, 4.69) is 15.2 Å². The number of benzene rings is 2. The summed E-state index contributed by atoms with van der Waals surface area (Å²) in [5, 5.41) is 9.21. The maximum absolute atomic E-state index is 13.1. The summed E-state index contributed by atoms with van der Waals surface area (Å²) >= 11 is 1.50. The van der Waals surface area contributed by atoms with Crippen molar-refractivity contribution in [2.75, 3.05) is 10.7 Å². The molecule has 2 heterocycles. The summed E-state index contributed by atoms with van der Waals surface area (Å²) < 4.78 is 6.38. The fourth-order valence-electron chi connectivity index (χ4n) is 3.38. The standard InChI is InChI=1S/C22H22N4O2S/c1-4-18(27)26-17-12-7-6-11-16(17)19-20(23-22(25-24-19)29-5-2)28-21(26)15-10-8-9-14(3)13-15/h6-13,21H,4-5H2,1-3H3/t21-/m0/s1. The molecule has 6 nitrogen and oxygen atoms in total. The van der Waals surface area contributed by atoms with Gasteiger partial charge in [-0.25, -0.2) is 0 Å². The molecule has 148 valence electrons. The Morgan fingerprint density at radius 2 is 1.97 bits per heavy atom. The normalized spacial score (nSPS) is 15.1. The van der Waals surface area contributed by atoms with Crippen LogP contribution in [0.2, 0.25) is 0 Å². The van der Waals surface area contributed by atoms with Crippen molar-refractivity contribution in [1.82, 2.24) is 15.2 Å². The van der Waals surface area contributed by atoms with Crippen LogP contribution in [0.4, 0.5) is 5.69 Å². The van der Waals surface area contributed by atoms with E-state index in [1.54, 1.807) is 4.90 Å². The van der Waals surface area contributed by atoms with Crippen molar-refractivity contribution in [3.05, 3.63) is 59.7 Å². The van der Waals surface area contributed by atoms with Crippen LogP contribution in [-0.4, -0.2) is 26.8 Å². The van der Waals surface area contributed by atoms with Crippen LogP contribution in [0, 0.1) is 6.92 Å². The van der Waals surface area contributed by atoms with Gasteiger partial charge in [-0.1, -0.05) is 73.6 Å². The number of amides is 1. The number of ether oxygens (including phenoxy) is 1. The molecule has 1 aromatic heterocycles. The Morgan fingerprint density at radius 3 is 2.72 bits per heavy atom. The van der Waals surface area contributed by atoms with E-state index in [0.717, 1.165) is 28.1 Å². The molecule has 0 bridgehead atoms. The van der Waals surface area contributed by atoms with Crippen LogP contribution in [0.5, 0.6) is 5.88 Å². The lowest BCUT2D eigenvalue weighted by Gasteiger charge is -2.30. The van der Waals surface area contributed by atoms with Gasteiger partial charge in [-0.2, -0.15) is 4.98 Å². The van der Waals surface area contributed by atoms with Gasteiger partial charge >= 0.3 is 0 Å². The second kappa shape index (κ2) is 8.21. The van der Waals surface area contributed by atoms with E-state index in [1.807, 2.05) is 69.3 Å². The monoisotopic (exact) mass is 406 g/mol. The number of aryl methyl sites for hydroxylation is 1. The Kier molecular flexibility index (Phi) is 5.49. The molecule has 7 heteroatoms. The van der Waals surface area contributed by atoms with Gasteiger partial charge in [0, 0.05) is 17.5 Å². The predicted octanol–water partition coefficient (Wildman–Crippen LogP) is 4.79. The highest BCUT2D eigenvalue weighted by Crippen LogP contribution is 2.43. The number of rotatable bonds is 4. The molecule has 0 N–H and O–H groups in total. The summed E-state index contributed by atoms with van der Waals surface area (Å²) in [6.07, 6.45) is -0.284. The summed E-state index contributed by atoms with van der Waals surface area (Å²) in [6.45, 7) is 5.91. The lowest BCUT2D eigenvalue weighted by molar-refractivity contribution is -0.120. The average molecular weight is 407 g/mol. The summed E-state index contributed by atoms with van der Waals surface area (Å²) in [5.74, 6) is 1.19. The lowest BCUT2D eigenvalue weighted by atomic mass is 10.1. The highest BCUT2D eigenvalue weighted by atomic mass is 32.2. The zero-order valence-electron chi connectivity index (χ0n) is 16.6. The van der Waals surface area contributed by atoms with Gasteiger partial charge in [-0.3, -0.25) is 9.69 Å². The third-order valence-electron chi connectivity index (χ3n) is 4.68. The number of hydrogen-bond donors (Lipinski definition) is 0. The van der Waals surface area contributed by atoms with Crippen molar-refractivity contribution in [2.45, 2.75) is 38.6 Å². The molecular weight excluding hydrogens is 384 g/mol. The van der Waals surface area contributed by atoms with E-state index in [9.17, 15) is 4.79 Å². The number of anilines is 1. The highest BCUT2D eigenvalue weighted by Gasteiger charge is 2.35. The number of carbonyl (C=O) groups is 1. The maximum atomic E-state index is 13.1. The van der Waals surface area contributed by atoms with E-state index in [4.69, 9.17) is 4.74 Å². The molecule has 1 aliphatic rings.